The van der Waals surface area contributed by atoms with Crippen LogP contribution in [0.15, 0.2) is 27.4 Å². The van der Waals surface area contributed by atoms with Crippen LogP contribution >= 0.6 is 38.6 Å². The van der Waals surface area contributed by atoms with Crippen LogP contribution in [0, 0.1) is 6.92 Å². The predicted octanol–water partition coefficient (Wildman–Crippen LogP) is 4.77. The minimum atomic E-state index is 0.440. The Morgan fingerprint density at radius 1 is 1.29 bits per heavy atom. The van der Waals surface area contributed by atoms with E-state index in [1.165, 1.54) is 19.8 Å². The van der Waals surface area contributed by atoms with E-state index < -0.39 is 0 Å². The van der Waals surface area contributed by atoms with E-state index in [0.717, 1.165) is 13.0 Å². The Morgan fingerprint density at radius 2 is 2.06 bits per heavy atom. The number of halogens is 1. The summed E-state index contributed by atoms with van der Waals surface area (Å²) in [7, 11) is 0. The van der Waals surface area contributed by atoms with Crippen molar-refractivity contribution in [2.24, 2.45) is 0 Å². The molecule has 1 atom stereocenters. The zero-order valence-corrected chi connectivity index (χ0v) is 13.2. The van der Waals surface area contributed by atoms with Gasteiger partial charge in [-0.15, -0.1) is 22.7 Å². The Morgan fingerprint density at radius 3 is 2.59 bits per heavy atom. The van der Waals surface area contributed by atoms with Gasteiger partial charge in [0, 0.05) is 26.7 Å². The number of likely N-dealkylation sites (N-methyl/N-ethyl adjacent to an activating group) is 1. The summed E-state index contributed by atoms with van der Waals surface area (Å²) in [5.41, 5.74) is 1.40. The Labute approximate surface area is 119 Å². The summed E-state index contributed by atoms with van der Waals surface area (Å²) >= 11 is 7.29. The highest BCUT2D eigenvalue weighted by Gasteiger charge is 2.16. The SMILES string of the molecule is CCNC(Cc1sccc1Br)c1sccc1C. The third kappa shape index (κ3) is 3.19. The Balaban J connectivity index is 2.19. The first-order chi connectivity index (χ1) is 8.22. The number of nitrogens with one attached hydrogen (secondary N) is 1. The molecule has 0 aromatic carbocycles. The average molecular weight is 330 g/mol. The Hall–Kier alpha value is -0.160. The van der Waals surface area contributed by atoms with Gasteiger partial charge in [0.1, 0.15) is 0 Å². The molecular formula is C13H16BrNS2. The maximum Gasteiger partial charge on any atom is 0.0466 e. The normalized spacial score (nSPS) is 12.9. The molecule has 1 nitrogen and oxygen atoms in total. The summed E-state index contributed by atoms with van der Waals surface area (Å²) in [6.07, 6.45) is 1.06. The smallest absolute Gasteiger partial charge is 0.0466 e. The number of thiophene rings is 2. The minimum Gasteiger partial charge on any atom is -0.309 e. The minimum absolute atomic E-state index is 0.440. The summed E-state index contributed by atoms with van der Waals surface area (Å²) in [5, 5.41) is 7.91. The molecule has 2 aromatic heterocycles. The molecule has 1 unspecified atom stereocenters. The fraction of sp³-hybridized carbons (Fsp3) is 0.385. The maximum atomic E-state index is 3.61. The maximum absolute atomic E-state index is 3.61. The molecule has 2 aromatic rings. The van der Waals surface area contributed by atoms with Crippen LogP contribution in [0.25, 0.3) is 0 Å². The van der Waals surface area contributed by atoms with Gasteiger partial charge in [-0.2, -0.15) is 0 Å². The summed E-state index contributed by atoms with van der Waals surface area (Å²) in [5.74, 6) is 0. The van der Waals surface area contributed by atoms with Crippen LogP contribution in [0.5, 0.6) is 0 Å². The van der Waals surface area contributed by atoms with Crippen molar-refractivity contribution in [1.82, 2.24) is 5.32 Å². The lowest BCUT2D eigenvalue weighted by Crippen LogP contribution is -2.22. The van der Waals surface area contributed by atoms with Crippen LogP contribution in [0.3, 0.4) is 0 Å². The van der Waals surface area contributed by atoms with Crippen LogP contribution in [0.1, 0.15) is 28.3 Å². The van der Waals surface area contributed by atoms with Crippen LogP contribution in [-0.2, 0) is 6.42 Å². The van der Waals surface area contributed by atoms with Gasteiger partial charge in [-0.3, -0.25) is 0 Å². The molecule has 0 amide bonds. The second kappa shape index (κ2) is 6.14. The second-order valence-corrected chi connectivity index (χ2v) is 6.78. The van der Waals surface area contributed by atoms with Crippen molar-refractivity contribution in [2.45, 2.75) is 26.3 Å². The topological polar surface area (TPSA) is 12.0 Å². The molecule has 2 heterocycles. The zero-order valence-electron chi connectivity index (χ0n) is 10.00. The highest BCUT2D eigenvalue weighted by Crippen LogP contribution is 2.31. The van der Waals surface area contributed by atoms with E-state index in [4.69, 9.17) is 0 Å². The van der Waals surface area contributed by atoms with Crippen LogP contribution in [0.4, 0.5) is 0 Å². The molecule has 17 heavy (non-hydrogen) atoms. The first-order valence-electron chi connectivity index (χ1n) is 5.71. The van der Waals surface area contributed by atoms with E-state index in [0.29, 0.717) is 6.04 Å². The summed E-state index contributed by atoms with van der Waals surface area (Å²) < 4.78 is 1.24. The lowest BCUT2D eigenvalue weighted by molar-refractivity contribution is 0.559. The lowest BCUT2D eigenvalue weighted by Gasteiger charge is -2.17. The fourth-order valence-corrected chi connectivity index (χ4v) is 4.47. The Kier molecular flexibility index (Phi) is 4.79. The molecule has 1 N–H and O–H groups in total. The number of aryl methyl sites for hydroxylation is 1. The van der Waals surface area contributed by atoms with Crippen LogP contribution < -0.4 is 5.32 Å². The van der Waals surface area contributed by atoms with E-state index in [9.17, 15) is 0 Å². The first kappa shape index (κ1) is 13.3. The average Bonchev–Trinajstić information content (AvgIpc) is 2.88. The summed E-state index contributed by atoms with van der Waals surface area (Å²) in [6, 6.07) is 4.77. The number of hydrogen-bond acceptors (Lipinski definition) is 3. The third-order valence-electron chi connectivity index (χ3n) is 2.75. The standard InChI is InChI=1S/C13H16BrNS2/c1-3-15-11(13-9(2)4-6-17-13)8-12-10(14)5-7-16-12/h4-7,11,15H,3,8H2,1-2H3. The number of hydrogen-bond donors (Lipinski definition) is 1. The molecule has 0 aliphatic rings. The van der Waals surface area contributed by atoms with Gasteiger partial charge in [-0.1, -0.05) is 6.92 Å². The second-order valence-electron chi connectivity index (χ2n) is 3.97. The van der Waals surface area contributed by atoms with E-state index in [2.05, 4.69) is 58.0 Å². The van der Waals surface area contributed by atoms with Crippen LogP contribution in [-0.4, -0.2) is 6.54 Å². The zero-order chi connectivity index (χ0) is 12.3. The third-order valence-corrected chi connectivity index (χ3v) is 5.83. The van der Waals surface area contributed by atoms with Crippen molar-refractivity contribution in [1.29, 1.82) is 0 Å². The molecule has 2 rings (SSSR count). The van der Waals surface area contributed by atoms with Crippen molar-refractivity contribution in [3.63, 3.8) is 0 Å². The molecule has 0 spiro atoms. The quantitative estimate of drug-likeness (QED) is 0.832. The molecule has 92 valence electrons. The van der Waals surface area contributed by atoms with Crippen molar-refractivity contribution in [2.75, 3.05) is 6.54 Å². The van der Waals surface area contributed by atoms with Gasteiger partial charge in [-0.25, -0.2) is 0 Å². The molecule has 0 aliphatic carbocycles. The molecule has 4 heteroatoms. The molecular weight excluding hydrogens is 314 g/mol. The fourth-order valence-electron chi connectivity index (χ4n) is 1.90. The van der Waals surface area contributed by atoms with Gasteiger partial charge < -0.3 is 5.32 Å². The van der Waals surface area contributed by atoms with Crippen molar-refractivity contribution >= 4 is 38.6 Å². The van der Waals surface area contributed by atoms with E-state index in [1.807, 2.05) is 22.7 Å². The molecule has 0 radical (unpaired) electrons. The van der Waals surface area contributed by atoms with Crippen LogP contribution in [0.2, 0.25) is 0 Å². The molecule has 0 aliphatic heterocycles. The van der Waals surface area contributed by atoms with Gasteiger partial charge in [-0.05, 0) is 57.9 Å². The number of rotatable bonds is 5. The van der Waals surface area contributed by atoms with Crippen molar-refractivity contribution in [3.8, 4) is 0 Å². The van der Waals surface area contributed by atoms with E-state index in [1.54, 1.807) is 0 Å². The van der Waals surface area contributed by atoms with E-state index >= 15 is 0 Å². The monoisotopic (exact) mass is 329 g/mol. The Bertz CT molecular complexity index is 475. The first-order valence-corrected chi connectivity index (χ1v) is 8.26. The molecule has 0 saturated carbocycles. The predicted molar refractivity (Wildman–Crippen MR) is 81.2 cm³/mol. The van der Waals surface area contributed by atoms with Gasteiger partial charge in [0.15, 0.2) is 0 Å². The van der Waals surface area contributed by atoms with E-state index in [-0.39, 0.29) is 0 Å². The summed E-state index contributed by atoms with van der Waals surface area (Å²) in [4.78, 5) is 2.89. The van der Waals surface area contributed by atoms with Gasteiger partial charge in [0.25, 0.3) is 0 Å². The van der Waals surface area contributed by atoms with Gasteiger partial charge in [0.2, 0.25) is 0 Å². The molecule has 0 bridgehead atoms. The van der Waals surface area contributed by atoms with Gasteiger partial charge >= 0.3 is 0 Å². The lowest BCUT2D eigenvalue weighted by atomic mass is 10.1. The van der Waals surface area contributed by atoms with Gasteiger partial charge in [0.05, 0.1) is 0 Å². The highest BCUT2D eigenvalue weighted by molar-refractivity contribution is 9.10. The van der Waals surface area contributed by atoms with Crippen molar-refractivity contribution < 1.29 is 0 Å². The largest absolute Gasteiger partial charge is 0.309 e. The molecule has 0 saturated heterocycles. The highest BCUT2D eigenvalue weighted by atomic mass is 79.9. The van der Waals surface area contributed by atoms with Crippen molar-refractivity contribution in [3.05, 3.63) is 42.7 Å². The summed E-state index contributed by atoms with van der Waals surface area (Å²) in [6.45, 7) is 5.37. The molecule has 0 fully saturated rings.